The Bertz CT molecular complexity index is 801. The lowest BCUT2D eigenvalue weighted by atomic mass is 9.87. The van der Waals surface area contributed by atoms with E-state index < -0.39 is 36.3 Å². The van der Waals surface area contributed by atoms with Gasteiger partial charge in [0.05, 0.1) is 25.2 Å². The van der Waals surface area contributed by atoms with Gasteiger partial charge < -0.3 is 10.1 Å². The van der Waals surface area contributed by atoms with Crippen molar-refractivity contribution in [2.45, 2.75) is 31.3 Å². The number of allylic oxidation sites excluding steroid dienone is 1. The van der Waals surface area contributed by atoms with E-state index in [0.29, 0.717) is 5.56 Å². The molecule has 1 N–H and O–H groups in total. The number of carbonyl (C=O) groups excluding carboxylic acids is 2. The number of fused-ring (bicyclic) bond motifs is 1. The lowest BCUT2D eigenvalue weighted by Crippen LogP contribution is -2.46. The summed E-state index contributed by atoms with van der Waals surface area (Å²) in [7, 11) is 1.14. The minimum Gasteiger partial charge on any atom is -0.469 e. The minimum atomic E-state index is -4.82. The SMILES string of the molecule is COC(=O)C1CC(OC(F)(F)F)C=CC1NC(=O)c1ccc2c(c1)C=CC2. The molecule has 144 valence electrons. The Morgan fingerprint density at radius 2 is 2.00 bits per heavy atom. The smallest absolute Gasteiger partial charge is 0.469 e. The van der Waals surface area contributed by atoms with Gasteiger partial charge in [-0.25, -0.2) is 0 Å². The molecular formula is C19H18F3NO4. The van der Waals surface area contributed by atoms with Gasteiger partial charge in [0.15, 0.2) is 0 Å². The highest BCUT2D eigenvalue weighted by Gasteiger charge is 2.39. The standard InChI is InChI=1S/C19H18F3NO4/c1-26-18(25)15-10-14(27-19(20,21)22)7-8-16(15)23-17(24)13-6-5-11-3-2-4-12(11)9-13/h2,4-9,14-16H,3,10H2,1H3,(H,23,24). The highest BCUT2D eigenvalue weighted by Crippen LogP contribution is 2.29. The van der Waals surface area contributed by atoms with E-state index in [1.165, 1.54) is 12.2 Å². The Balaban J connectivity index is 1.75. The van der Waals surface area contributed by atoms with Gasteiger partial charge in [0, 0.05) is 5.56 Å². The second-order valence-corrected chi connectivity index (χ2v) is 6.37. The van der Waals surface area contributed by atoms with E-state index in [9.17, 15) is 22.8 Å². The number of alkyl halides is 3. The fourth-order valence-electron chi connectivity index (χ4n) is 3.28. The molecule has 3 unspecified atom stereocenters. The molecule has 0 aromatic heterocycles. The van der Waals surface area contributed by atoms with Crippen molar-refractivity contribution in [1.29, 1.82) is 0 Å². The molecule has 2 aliphatic rings. The zero-order chi connectivity index (χ0) is 19.6. The molecule has 0 saturated carbocycles. The average Bonchev–Trinajstić information content (AvgIpc) is 3.08. The highest BCUT2D eigenvalue weighted by atomic mass is 19.4. The summed E-state index contributed by atoms with van der Waals surface area (Å²) in [6.07, 6.45) is 0.883. The summed E-state index contributed by atoms with van der Waals surface area (Å²) in [5, 5.41) is 2.69. The van der Waals surface area contributed by atoms with E-state index >= 15 is 0 Å². The molecule has 0 aliphatic heterocycles. The zero-order valence-electron chi connectivity index (χ0n) is 14.5. The van der Waals surface area contributed by atoms with E-state index in [2.05, 4.69) is 14.8 Å². The number of rotatable bonds is 4. The van der Waals surface area contributed by atoms with Gasteiger partial charge in [0.25, 0.3) is 5.91 Å². The number of nitrogens with one attached hydrogen (secondary N) is 1. The number of carbonyl (C=O) groups is 2. The van der Waals surface area contributed by atoms with Gasteiger partial charge in [-0.2, -0.15) is 0 Å². The van der Waals surface area contributed by atoms with Gasteiger partial charge in [0.1, 0.15) is 0 Å². The molecule has 3 atom stereocenters. The van der Waals surface area contributed by atoms with Gasteiger partial charge >= 0.3 is 12.3 Å². The first-order valence-electron chi connectivity index (χ1n) is 8.38. The van der Waals surface area contributed by atoms with E-state index in [0.717, 1.165) is 24.7 Å². The monoisotopic (exact) mass is 381 g/mol. The first-order chi connectivity index (χ1) is 12.8. The van der Waals surface area contributed by atoms with Crippen LogP contribution in [0.4, 0.5) is 13.2 Å². The first kappa shape index (κ1) is 19.2. The molecule has 0 saturated heterocycles. The van der Waals surface area contributed by atoms with Crippen LogP contribution in [0, 0.1) is 5.92 Å². The van der Waals surface area contributed by atoms with Crippen LogP contribution >= 0.6 is 0 Å². The molecule has 0 radical (unpaired) electrons. The third-order valence-corrected chi connectivity index (χ3v) is 4.58. The summed E-state index contributed by atoms with van der Waals surface area (Å²) in [5.74, 6) is -2.11. The molecule has 2 aliphatic carbocycles. The number of hydrogen-bond donors (Lipinski definition) is 1. The van der Waals surface area contributed by atoms with Gasteiger partial charge in [0.2, 0.25) is 0 Å². The van der Waals surface area contributed by atoms with Gasteiger partial charge in [-0.1, -0.05) is 30.4 Å². The fraction of sp³-hybridized carbons (Fsp3) is 0.368. The maximum atomic E-state index is 12.5. The Morgan fingerprint density at radius 1 is 1.22 bits per heavy atom. The fourth-order valence-corrected chi connectivity index (χ4v) is 3.28. The predicted molar refractivity (Wildman–Crippen MR) is 90.6 cm³/mol. The van der Waals surface area contributed by atoms with Crippen molar-refractivity contribution in [3.05, 3.63) is 53.1 Å². The molecule has 8 heteroatoms. The topological polar surface area (TPSA) is 64.6 Å². The molecule has 1 aromatic carbocycles. The van der Waals surface area contributed by atoms with Crippen LogP contribution in [0.5, 0.6) is 0 Å². The maximum absolute atomic E-state index is 12.5. The molecule has 0 spiro atoms. The molecule has 0 fully saturated rings. The summed E-state index contributed by atoms with van der Waals surface area (Å²) < 4.78 is 46.0. The van der Waals surface area contributed by atoms with Crippen molar-refractivity contribution in [2.75, 3.05) is 7.11 Å². The number of esters is 1. The minimum absolute atomic E-state index is 0.249. The third kappa shape index (κ3) is 4.57. The average molecular weight is 381 g/mol. The molecule has 5 nitrogen and oxygen atoms in total. The third-order valence-electron chi connectivity index (χ3n) is 4.58. The van der Waals surface area contributed by atoms with Crippen molar-refractivity contribution < 1.29 is 32.2 Å². The van der Waals surface area contributed by atoms with Crippen LogP contribution in [-0.4, -0.2) is 37.5 Å². The maximum Gasteiger partial charge on any atom is 0.523 e. The van der Waals surface area contributed by atoms with Crippen molar-refractivity contribution >= 4 is 18.0 Å². The first-order valence-corrected chi connectivity index (χ1v) is 8.38. The molecule has 1 amide bonds. The number of methoxy groups -OCH3 is 1. The summed E-state index contributed by atoms with van der Waals surface area (Å²) in [5.41, 5.74) is 2.47. The number of hydrogen-bond acceptors (Lipinski definition) is 4. The van der Waals surface area contributed by atoms with Crippen LogP contribution < -0.4 is 5.32 Å². The molecule has 0 heterocycles. The Kier molecular flexibility index (Phi) is 5.36. The summed E-state index contributed by atoms with van der Waals surface area (Å²) >= 11 is 0. The number of amides is 1. The van der Waals surface area contributed by atoms with Gasteiger partial charge in [-0.15, -0.1) is 13.2 Å². The number of benzene rings is 1. The Hall–Kier alpha value is -2.61. The molecular weight excluding hydrogens is 363 g/mol. The van der Waals surface area contributed by atoms with Crippen LogP contribution in [0.15, 0.2) is 36.4 Å². The highest BCUT2D eigenvalue weighted by molar-refractivity contribution is 5.95. The Labute approximate surface area is 153 Å². The molecule has 27 heavy (non-hydrogen) atoms. The van der Waals surface area contributed by atoms with Crippen LogP contribution in [0.3, 0.4) is 0 Å². The van der Waals surface area contributed by atoms with Gasteiger partial charge in [-0.3, -0.25) is 14.3 Å². The van der Waals surface area contributed by atoms with Crippen molar-refractivity contribution in [3.8, 4) is 0 Å². The second kappa shape index (κ2) is 7.56. The summed E-state index contributed by atoms with van der Waals surface area (Å²) in [6, 6.07) is 4.48. The largest absolute Gasteiger partial charge is 0.523 e. The Morgan fingerprint density at radius 3 is 2.70 bits per heavy atom. The quantitative estimate of drug-likeness (QED) is 0.643. The van der Waals surface area contributed by atoms with Crippen LogP contribution in [0.25, 0.3) is 6.08 Å². The lowest BCUT2D eigenvalue weighted by Gasteiger charge is -2.30. The van der Waals surface area contributed by atoms with E-state index in [4.69, 9.17) is 0 Å². The number of halogens is 3. The number of ether oxygens (including phenoxy) is 2. The van der Waals surface area contributed by atoms with Crippen molar-refractivity contribution in [3.63, 3.8) is 0 Å². The second-order valence-electron chi connectivity index (χ2n) is 6.37. The predicted octanol–water partition coefficient (Wildman–Crippen LogP) is 3.01. The summed E-state index contributed by atoms with van der Waals surface area (Å²) in [6.45, 7) is 0. The molecule has 0 bridgehead atoms. The van der Waals surface area contributed by atoms with Crippen LogP contribution in [0.1, 0.15) is 27.9 Å². The van der Waals surface area contributed by atoms with Crippen molar-refractivity contribution in [1.82, 2.24) is 5.32 Å². The van der Waals surface area contributed by atoms with Gasteiger partial charge in [-0.05, 0) is 36.1 Å². The van der Waals surface area contributed by atoms with E-state index in [1.54, 1.807) is 12.1 Å². The van der Waals surface area contributed by atoms with Crippen LogP contribution in [0.2, 0.25) is 0 Å². The summed E-state index contributed by atoms with van der Waals surface area (Å²) in [4.78, 5) is 24.6. The van der Waals surface area contributed by atoms with E-state index in [1.807, 2.05) is 18.2 Å². The molecule has 1 aromatic rings. The normalized spacial score (nSPS) is 23.8. The van der Waals surface area contributed by atoms with E-state index in [-0.39, 0.29) is 6.42 Å². The van der Waals surface area contributed by atoms with Crippen LogP contribution in [-0.2, 0) is 20.7 Å². The molecule has 3 rings (SSSR count). The zero-order valence-corrected chi connectivity index (χ0v) is 14.5. The lowest BCUT2D eigenvalue weighted by molar-refractivity contribution is -0.338. The van der Waals surface area contributed by atoms with Crippen molar-refractivity contribution in [2.24, 2.45) is 5.92 Å².